The van der Waals surface area contributed by atoms with Crippen LogP contribution in [0.2, 0.25) is 0 Å². The number of nitrogens with zero attached hydrogens (tertiary/aromatic N) is 1. The Bertz CT molecular complexity index is 393. The normalized spacial score (nSPS) is 12.8. The molecule has 0 saturated carbocycles. The van der Waals surface area contributed by atoms with Gasteiger partial charge in [-0.05, 0) is 33.1 Å². The molecular formula is C25H50NO+. The zero-order valence-electron chi connectivity index (χ0n) is 19.6. The smallest absolute Gasteiger partial charge is 0.259 e. The van der Waals surface area contributed by atoms with E-state index >= 15 is 0 Å². The summed E-state index contributed by atoms with van der Waals surface area (Å²) >= 11 is 0. The molecule has 0 aromatic heterocycles. The largest absolute Gasteiger partial charge is 0.338 e. The van der Waals surface area contributed by atoms with Gasteiger partial charge in [0, 0.05) is 6.08 Å². The molecule has 0 aliphatic heterocycles. The molecule has 0 N–H and O–H groups in total. The van der Waals surface area contributed by atoms with Crippen molar-refractivity contribution in [3.05, 3.63) is 11.6 Å². The summed E-state index contributed by atoms with van der Waals surface area (Å²) in [6.45, 7) is 8.52. The van der Waals surface area contributed by atoms with E-state index in [4.69, 9.17) is 0 Å². The number of quaternary nitrogens is 1. The lowest BCUT2D eigenvalue weighted by molar-refractivity contribution is -0.839. The third kappa shape index (κ3) is 13.2. The van der Waals surface area contributed by atoms with Gasteiger partial charge in [0.25, 0.3) is 0 Å². The summed E-state index contributed by atoms with van der Waals surface area (Å²) in [7, 11) is 4.16. The predicted octanol–water partition coefficient (Wildman–Crippen LogP) is 7.82. The molecule has 27 heavy (non-hydrogen) atoms. The fraction of sp³-hybridized carbons (Fsp3) is 0.880. The maximum atomic E-state index is 12.5. The SMILES string of the molecule is CCCCCCCCCCCCCCCC(CC)[N+](C)(C)C(=O)C=C(C)C. The van der Waals surface area contributed by atoms with Crippen LogP contribution >= 0.6 is 0 Å². The van der Waals surface area contributed by atoms with Gasteiger partial charge >= 0.3 is 5.91 Å². The topological polar surface area (TPSA) is 17.1 Å². The number of carbonyl (C=O) groups is 1. The molecule has 1 atom stereocenters. The average molecular weight is 381 g/mol. The summed E-state index contributed by atoms with van der Waals surface area (Å²) in [4.78, 5) is 12.5. The molecule has 0 heterocycles. The molecule has 2 nitrogen and oxygen atoms in total. The zero-order chi connectivity index (χ0) is 20.5. The molecular weight excluding hydrogens is 330 g/mol. The van der Waals surface area contributed by atoms with Gasteiger partial charge in [0.1, 0.15) is 0 Å². The lowest BCUT2D eigenvalue weighted by atomic mass is 10.0. The minimum atomic E-state index is 0.247. The van der Waals surface area contributed by atoms with E-state index in [1.165, 1.54) is 89.9 Å². The Morgan fingerprint density at radius 3 is 1.52 bits per heavy atom. The van der Waals surface area contributed by atoms with Crippen LogP contribution in [-0.2, 0) is 4.79 Å². The number of likely N-dealkylation sites (N-methyl/N-ethyl adjacent to an activating group) is 1. The third-order valence-corrected chi connectivity index (χ3v) is 6.01. The molecule has 1 unspecified atom stereocenters. The van der Waals surface area contributed by atoms with Crippen molar-refractivity contribution in [1.29, 1.82) is 0 Å². The summed E-state index contributed by atoms with van der Waals surface area (Å²) in [6.07, 6.45) is 22.2. The Labute approximate surface area is 171 Å². The fourth-order valence-corrected chi connectivity index (χ4v) is 3.97. The third-order valence-electron chi connectivity index (χ3n) is 6.01. The quantitative estimate of drug-likeness (QED) is 0.143. The van der Waals surface area contributed by atoms with E-state index in [0.29, 0.717) is 10.5 Å². The van der Waals surface area contributed by atoms with E-state index in [9.17, 15) is 4.79 Å². The van der Waals surface area contributed by atoms with Crippen LogP contribution in [0.3, 0.4) is 0 Å². The van der Waals surface area contributed by atoms with Gasteiger partial charge in [-0.25, -0.2) is 4.79 Å². The van der Waals surface area contributed by atoms with Crippen LogP contribution in [0.25, 0.3) is 0 Å². The van der Waals surface area contributed by atoms with Crippen LogP contribution in [0.4, 0.5) is 0 Å². The van der Waals surface area contributed by atoms with Gasteiger partial charge < -0.3 is 0 Å². The van der Waals surface area contributed by atoms with E-state index in [1.54, 1.807) is 0 Å². The minimum Gasteiger partial charge on any atom is -0.259 e. The number of allylic oxidation sites excluding steroid dienone is 1. The van der Waals surface area contributed by atoms with Crippen LogP contribution in [0, 0.1) is 0 Å². The molecule has 0 aromatic rings. The fourth-order valence-electron chi connectivity index (χ4n) is 3.97. The van der Waals surface area contributed by atoms with Crippen LogP contribution in [0.1, 0.15) is 124 Å². The minimum absolute atomic E-state index is 0.247. The summed E-state index contributed by atoms with van der Waals surface area (Å²) < 4.78 is 0.500. The van der Waals surface area contributed by atoms with Crippen LogP contribution in [0.5, 0.6) is 0 Å². The highest BCUT2D eigenvalue weighted by molar-refractivity contribution is 5.82. The lowest BCUT2D eigenvalue weighted by Crippen LogP contribution is -2.52. The van der Waals surface area contributed by atoms with Crippen molar-refractivity contribution >= 4 is 5.91 Å². The number of hydrogen-bond donors (Lipinski definition) is 0. The van der Waals surface area contributed by atoms with E-state index in [0.717, 1.165) is 12.0 Å². The zero-order valence-corrected chi connectivity index (χ0v) is 19.6. The van der Waals surface area contributed by atoms with Crippen molar-refractivity contribution < 1.29 is 9.28 Å². The molecule has 1 amide bonds. The van der Waals surface area contributed by atoms with E-state index < -0.39 is 0 Å². The first kappa shape index (κ1) is 26.4. The second kappa shape index (κ2) is 16.3. The van der Waals surface area contributed by atoms with Gasteiger partial charge in [0.15, 0.2) is 0 Å². The molecule has 0 radical (unpaired) electrons. The molecule has 0 saturated heterocycles. The van der Waals surface area contributed by atoms with E-state index in [-0.39, 0.29) is 5.91 Å². The van der Waals surface area contributed by atoms with Gasteiger partial charge in [0.2, 0.25) is 0 Å². The van der Waals surface area contributed by atoms with Crippen molar-refractivity contribution in [1.82, 2.24) is 0 Å². The van der Waals surface area contributed by atoms with Crippen molar-refractivity contribution in [3.8, 4) is 0 Å². The monoisotopic (exact) mass is 380 g/mol. The highest BCUT2D eigenvalue weighted by Crippen LogP contribution is 2.20. The number of carbonyl (C=O) groups excluding carboxylic acids is 1. The highest BCUT2D eigenvalue weighted by atomic mass is 16.2. The molecule has 160 valence electrons. The molecule has 0 rings (SSSR count). The van der Waals surface area contributed by atoms with Crippen LogP contribution in [-0.4, -0.2) is 30.5 Å². The Kier molecular flexibility index (Phi) is 16.0. The second-order valence-corrected chi connectivity index (χ2v) is 9.19. The molecule has 2 heteroatoms. The van der Waals surface area contributed by atoms with Crippen molar-refractivity contribution in [2.24, 2.45) is 0 Å². The van der Waals surface area contributed by atoms with Crippen molar-refractivity contribution in [2.75, 3.05) is 14.1 Å². The standard InChI is InChI=1S/C25H50NO/c1-7-9-10-11-12-13-14-15-16-17-18-19-20-21-24(8-2)26(5,6)25(27)22-23(3)4/h22,24H,7-21H2,1-6H3/q+1. The Hall–Kier alpha value is -0.630. The number of hydrogen-bond acceptors (Lipinski definition) is 1. The van der Waals surface area contributed by atoms with Gasteiger partial charge in [0.05, 0.1) is 20.1 Å². The Morgan fingerprint density at radius 1 is 0.741 bits per heavy atom. The maximum absolute atomic E-state index is 12.5. The summed E-state index contributed by atoms with van der Waals surface area (Å²) in [5.74, 6) is 0.247. The Morgan fingerprint density at radius 2 is 1.15 bits per heavy atom. The number of amides is 1. The number of unbranched alkanes of at least 4 members (excludes halogenated alkanes) is 12. The molecule has 0 fully saturated rings. The predicted molar refractivity (Wildman–Crippen MR) is 121 cm³/mol. The summed E-state index contributed by atoms with van der Waals surface area (Å²) in [5.41, 5.74) is 1.10. The van der Waals surface area contributed by atoms with Gasteiger partial charge in [-0.3, -0.25) is 4.48 Å². The Balaban J connectivity index is 3.75. The molecule has 0 aromatic carbocycles. The first-order chi connectivity index (χ1) is 12.9. The van der Waals surface area contributed by atoms with Crippen LogP contribution in [0.15, 0.2) is 11.6 Å². The first-order valence-electron chi connectivity index (χ1n) is 11.9. The summed E-state index contributed by atoms with van der Waals surface area (Å²) in [6, 6.07) is 0.445. The van der Waals surface area contributed by atoms with E-state index in [1.807, 2.05) is 19.9 Å². The second-order valence-electron chi connectivity index (χ2n) is 9.19. The van der Waals surface area contributed by atoms with Gasteiger partial charge in [-0.2, -0.15) is 0 Å². The molecule has 0 bridgehead atoms. The maximum Gasteiger partial charge on any atom is 0.338 e. The average Bonchev–Trinajstić information content (AvgIpc) is 2.61. The molecule has 0 aliphatic carbocycles. The highest BCUT2D eigenvalue weighted by Gasteiger charge is 2.32. The summed E-state index contributed by atoms with van der Waals surface area (Å²) in [5, 5.41) is 0. The van der Waals surface area contributed by atoms with Crippen LogP contribution < -0.4 is 0 Å². The number of rotatable bonds is 17. The first-order valence-corrected chi connectivity index (χ1v) is 11.9. The van der Waals surface area contributed by atoms with E-state index in [2.05, 4.69) is 27.9 Å². The van der Waals surface area contributed by atoms with Gasteiger partial charge in [-0.15, -0.1) is 0 Å². The van der Waals surface area contributed by atoms with Crippen molar-refractivity contribution in [3.63, 3.8) is 0 Å². The molecule has 0 spiro atoms. The van der Waals surface area contributed by atoms with Gasteiger partial charge in [-0.1, -0.05) is 96.5 Å². The molecule has 0 aliphatic rings. The lowest BCUT2D eigenvalue weighted by Gasteiger charge is -2.34. The van der Waals surface area contributed by atoms with Crippen molar-refractivity contribution in [2.45, 2.75) is 130 Å².